The summed E-state index contributed by atoms with van der Waals surface area (Å²) in [4.78, 5) is 27.5. The summed E-state index contributed by atoms with van der Waals surface area (Å²) in [6, 6.07) is 8.59. The molecule has 204 valence electrons. The Labute approximate surface area is 230 Å². The van der Waals surface area contributed by atoms with E-state index in [9.17, 15) is 0 Å². The SMILES string of the molecule is CCN(CC)Cc1nc2c(c(N3CCOc4ccc(-c5cnc6nc(C)[nH]c6c5)cc4C3)n1)CC(C)(C)CC2. The zero-order valence-electron chi connectivity index (χ0n) is 23.8. The zero-order chi connectivity index (χ0) is 27.1. The van der Waals surface area contributed by atoms with E-state index in [4.69, 9.17) is 14.7 Å². The van der Waals surface area contributed by atoms with Crippen LogP contribution in [0.5, 0.6) is 5.75 Å². The van der Waals surface area contributed by atoms with Crippen LogP contribution in [0.4, 0.5) is 5.82 Å². The number of aromatic amines is 1. The van der Waals surface area contributed by atoms with Crippen molar-refractivity contribution in [3.05, 3.63) is 58.9 Å². The third-order valence-electron chi connectivity index (χ3n) is 8.20. The minimum atomic E-state index is 0.246. The molecule has 0 saturated carbocycles. The van der Waals surface area contributed by atoms with Gasteiger partial charge in [-0.15, -0.1) is 0 Å². The monoisotopic (exact) mass is 525 g/mol. The molecule has 8 heteroatoms. The Morgan fingerprint density at radius 3 is 2.74 bits per heavy atom. The van der Waals surface area contributed by atoms with Gasteiger partial charge in [-0.05, 0) is 68.5 Å². The maximum atomic E-state index is 6.25. The molecule has 4 heterocycles. The number of aromatic nitrogens is 5. The van der Waals surface area contributed by atoms with Crippen LogP contribution in [0, 0.1) is 12.3 Å². The van der Waals surface area contributed by atoms with Gasteiger partial charge in [-0.1, -0.05) is 33.8 Å². The number of nitrogens with one attached hydrogen (secondary N) is 1. The molecule has 39 heavy (non-hydrogen) atoms. The molecule has 3 aromatic heterocycles. The van der Waals surface area contributed by atoms with Crippen molar-refractivity contribution in [3.63, 3.8) is 0 Å². The predicted molar refractivity (Wildman–Crippen MR) is 155 cm³/mol. The molecule has 1 N–H and O–H groups in total. The number of H-pyrrole nitrogens is 1. The molecule has 0 bridgehead atoms. The molecular formula is C31H39N7O. The highest BCUT2D eigenvalue weighted by Crippen LogP contribution is 2.39. The second kappa shape index (κ2) is 10.2. The molecule has 0 atom stereocenters. The van der Waals surface area contributed by atoms with Crippen molar-refractivity contribution in [2.75, 3.05) is 31.1 Å². The maximum absolute atomic E-state index is 6.25. The second-order valence-corrected chi connectivity index (χ2v) is 11.7. The summed E-state index contributed by atoms with van der Waals surface area (Å²) < 4.78 is 6.25. The Bertz CT molecular complexity index is 1500. The van der Waals surface area contributed by atoms with Crippen molar-refractivity contribution in [1.29, 1.82) is 0 Å². The van der Waals surface area contributed by atoms with E-state index in [0.717, 1.165) is 97.5 Å². The first-order valence-electron chi connectivity index (χ1n) is 14.3. The van der Waals surface area contributed by atoms with Gasteiger partial charge in [0.15, 0.2) is 5.65 Å². The minimum Gasteiger partial charge on any atom is -0.491 e. The number of nitrogens with zero attached hydrogens (tertiary/aromatic N) is 6. The van der Waals surface area contributed by atoms with Crippen molar-refractivity contribution in [2.45, 2.75) is 67.0 Å². The van der Waals surface area contributed by atoms with Crippen molar-refractivity contribution in [3.8, 4) is 16.9 Å². The van der Waals surface area contributed by atoms with Gasteiger partial charge < -0.3 is 14.6 Å². The fourth-order valence-electron chi connectivity index (χ4n) is 5.89. The topological polar surface area (TPSA) is 83.1 Å². The minimum absolute atomic E-state index is 0.246. The highest BCUT2D eigenvalue weighted by molar-refractivity contribution is 5.78. The van der Waals surface area contributed by atoms with E-state index in [2.05, 4.69) is 76.7 Å². The molecule has 0 fully saturated rings. The van der Waals surface area contributed by atoms with Gasteiger partial charge in [0, 0.05) is 35.1 Å². The fraction of sp³-hybridized carbons (Fsp3) is 0.484. The first-order valence-corrected chi connectivity index (χ1v) is 14.3. The van der Waals surface area contributed by atoms with Crippen LogP contribution >= 0.6 is 0 Å². The van der Waals surface area contributed by atoms with E-state index in [0.29, 0.717) is 6.61 Å². The van der Waals surface area contributed by atoms with E-state index in [1.54, 1.807) is 0 Å². The van der Waals surface area contributed by atoms with Crippen LogP contribution in [0.2, 0.25) is 0 Å². The van der Waals surface area contributed by atoms with Gasteiger partial charge in [0.05, 0.1) is 18.6 Å². The number of hydrogen-bond donors (Lipinski definition) is 1. The first-order chi connectivity index (χ1) is 18.8. The average Bonchev–Trinajstić information content (AvgIpc) is 3.16. The molecule has 6 rings (SSSR count). The third kappa shape index (κ3) is 5.22. The van der Waals surface area contributed by atoms with E-state index >= 15 is 0 Å². The number of ether oxygens (including phenoxy) is 1. The molecule has 0 saturated heterocycles. The van der Waals surface area contributed by atoms with Crippen LogP contribution in [0.15, 0.2) is 30.5 Å². The largest absolute Gasteiger partial charge is 0.491 e. The molecule has 8 nitrogen and oxygen atoms in total. The standard InChI is InChI=1S/C31H39N7O/c1-6-37(7-2)19-28-35-25-10-11-31(4,5)16-24(25)30(36-28)38-12-13-39-27-9-8-21(14-23(27)18-38)22-15-26-29(32-17-22)34-20(3)33-26/h8-9,14-15,17H,6-7,10-13,16,18-19H2,1-5H3,(H,32,33,34). The Morgan fingerprint density at radius 1 is 1.08 bits per heavy atom. The molecule has 0 unspecified atom stereocenters. The van der Waals surface area contributed by atoms with Crippen molar-refractivity contribution < 1.29 is 4.74 Å². The number of hydrogen-bond acceptors (Lipinski definition) is 7. The Kier molecular flexibility index (Phi) is 6.75. The lowest BCUT2D eigenvalue weighted by molar-refractivity contribution is 0.284. The summed E-state index contributed by atoms with van der Waals surface area (Å²) in [5.74, 6) is 3.84. The molecule has 0 spiro atoms. The number of fused-ring (bicyclic) bond motifs is 3. The second-order valence-electron chi connectivity index (χ2n) is 11.7. The van der Waals surface area contributed by atoms with Gasteiger partial charge in [0.1, 0.15) is 29.8 Å². The lowest BCUT2D eigenvalue weighted by Gasteiger charge is -2.34. The Hall–Kier alpha value is -3.52. The van der Waals surface area contributed by atoms with Crippen LogP contribution in [-0.4, -0.2) is 56.1 Å². The maximum Gasteiger partial charge on any atom is 0.177 e. The fourth-order valence-corrected chi connectivity index (χ4v) is 5.89. The van der Waals surface area contributed by atoms with E-state index in [1.807, 2.05) is 13.1 Å². The van der Waals surface area contributed by atoms with Crippen LogP contribution in [0.3, 0.4) is 0 Å². The number of imidazole rings is 1. The van der Waals surface area contributed by atoms with Crippen LogP contribution < -0.4 is 9.64 Å². The number of anilines is 1. The lowest BCUT2D eigenvalue weighted by atomic mass is 9.76. The highest BCUT2D eigenvalue weighted by Gasteiger charge is 2.32. The Morgan fingerprint density at radius 2 is 1.92 bits per heavy atom. The van der Waals surface area contributed by atoms with Gasteiger partial charge in [-0.3, -0.25) is 4.90 Å². The molecule has 1 aromatic carbocycles. The molecule has 1 aliphatic carbocycles. The quantitative estimate of drug-likeness (QED) is 0.357. The Balaban J connectivity index is 1.37. The molecular weight excluding hydrogens is 486 g/mol. The number of aryl methyl sites for hydroxylation is 2. The van der Waals surface area contributed by atoms with Crippen LogP contribution in [0.1, 0.15) is 62.6 Å². The predicted octanol–water partition coefficient (Wildman–Crippen LogP) is 5.48. The van der Waals surface area contributed by atoms with E-state index < -0.39 is 0 Å². The van der Waals surface area contributed by atoms with Gasteiger partial charge in [0.2, 0.25) is 0 Å². The summed E-state index contributed by atoms with van der Waals surface area (Å²) in [7, 11) is 0. The molecule has 1 aliphatic heterocycles. The molecule has 2 aliphatic rings. The summed E-state index contributed by atoms with van der Waals surface area (Å²) >= 11 is 0. The van der Waals surface area contributed by atoms with Crippen LogP contribution in [-0.2, 0) is 25.9 Å². The van der Waals surface area contributed by atoms with Crippen molar-refractivity contribution in [2.24, 2.45) is 5.41 Å². The van der Waals surface area contributed by atoms with Gasteiger partial charge >= 0.3 is 0 Å². The van der Waals surface area contributed by atoms with E-state index in [-0.39, 0.29) is 5.41 Å². The van der Waals surface area contributed by atoms with Crippen molar-refractivity contribution in [1.82, 2.24) is 29.8 Å². The summed E-state index contributed by atoms with van der Waals surface area (Å²) in [6.07, 6.45) is 5.08. The average molecular weight is 526 g/mol. The summed E-state index contributed by atoms with van der Waals surface area (Å²) in [6.45, 7) is 16.0. The lowest BCUT2D eigenvalue weighted by Crippen LogP contribution is -2.33. The van der Waals surface area contributed by atoms with Gasteiger partial charge in [0.25, 0.3) is 0 Å². The first kappa shape index (κ1) is 25.7. The van der Waals surface area contributed by atoms with E-state index in [1.165, 1.54) is 16.8 Å². The normalized spacial score (nSPS) is 16.6. The number of rotatable bonds is 6. The molecule has 0 radical (unpaired) electrons. The summed E-state index contributed by atoms with van der Waals surface area (Å²) in [5.41, 5.74) is 7.84. The number of pyridine rings is 1. The van der Waals surface area contributed by atoms with Gasteiger partial charge in [-0.25, -0.2) is 19.9 Å². The third-order valence-corrected chi connectivity index (χ3v) is 8.20. The highest BCUT2D eigenvalue weighted by atomic mass is 16.5. The van der Waals surface area contributed by atoms with Crippen LogP contribution in [0.25, 0.3) is 22.3 Å². The number of benzene rings is 1. The van der Waals surface area contributed by atoms with Gasteiger partial charge in [-0.2, -0.15) is 0 Å². The molecule has 4 aromatic rings. The molecule has 0 amide bonds. The smallest absolute Gasteiger partial charge is 0.177 e. The zero-order valence-corrected chi connectivity index (χ0v) is 23.8. The van der Waals surface area contributed by atoms with Crippen molar-refractivity contribution >= 4 is 17.0 Å². The summed E-state index contributed by atoms with van der Waals surface area (Å²) in [5, 5.41) is 0.